The number of esters is 6. The van der Waals surface area contributed by atoms with Gasteiger partial charge >= 0.3 is 35.8 Å². The van der Waals surface area contributed by atoms with E-state index in [9.17, 15) is 28.8 Å². The van der Waals surface area contributed by atoms with E-state index >= 15 is 0 Å². The molecule has 0 aromatic carbocycles. The number of ether oxygens (including phenoxy) is 10. The topological polar surface area (TPSA) is 195 Å². The van der Waals surface area contributed by atoms with Gasteiger partial charge in [-0.1, -0.05) is 0 Å². The molecular formula is C25H36O16. The Kier molecular flexibility index (Phi) is 12.4. The van der Waals surface area contributed by atoms with Crippen molar-refractivity contribution < 1.29 is 76.1 Å². The van der Waals surface area contributed by atoms with Crippen molar-refractivity contribution in [2.45, 2.75) is 110 Å². The van der Waals surface area contributed by atoms with Crippen molar-refractivity contribution in [1.82, 2.24) is 0 Å². The van der Waals surface area contributed by atoms with Gasteiger partial charge in [0.15, 0.2) is 49.2 Å². The van der Waals surface area contributed by atoms with E-state index in [0.29, 0.717) is 0 Å². The van der Waals surface area contributed by atoms with E-state index < -0.39 is 104 Å². The lowest BCUT2D eigenvalue weighted by Gasteiger charge is -2.45. The Morgan fingerprint density at radius 1 is 0.512 bits per heavy atom. The summed E-state index contributed by atoms with van der Waals surface area (Å²) in [6, 6.07) is 0. The molecule has 16 heteroatoms. The van der Waals surface area contributed by atoms with E-state index in [1.54, 1.807) is 0 Å². The molecule has 2 saturated heterocycles. The minimum Gasteiger partial charge on any atom is -0.456 e. The highest BCUT2D eigenvalue weighted by molar-refractivity contribution is 5.69. The lowest BCUT2D eigenvalue weighted by molar-refractivity contribution is -0.329. The molecule has 0 aromatic rings. The summed E-state index contributed by atoms with van der Waals surface area (Å²) in [5.41, 5.74) is 0. The third-order valence-electron chi connectivity index (χ3n) is 5.79. The molecule has 0 amide bonds. The number of methoxy groups -OCH3 is 1. The van der Waals surface area contributed by atoms with Gasteiger partial charge in [-0.25, -0.2) is 0 Å². The van der Waals surface area contributed by atoms with E-state index in [1.165, 1.54) is 14.0 Å². The molecule has 0 unspecified atom stereocenters. The van der Waals surface area contributed by atoms with Crippen molar-refractivity contribution >= 4 is 35.8 Å². The van der Waals surface area contributed by atoms with Crippen LogP contribution in [0.3, 0.4) is 0 Å². The predicted octanol–water partition coefficient (Wildman–Crippen LogP) is -0.291. The Morgan fingerprint density at radius 3 is 1.32 bits per heavy atom. The van der Waals surface area contributed by atoms with Crippen LogP contribution < -0.4 is 0 Å². The van der Waals surface area contributed by atoms with Crippen molar-refractivity contribution in [2.24, 2.45) is 0 Å². The van der Waals surface area contributed by atoms with Gasteiger partial charge in [0.25, 0.3) is 0 Å². The van der Waals surface area contributed by atoms with Crippen LogP contribution in [0.1, 0.15) is 48.5 Å². The largest absolute Gasteiger partial charge is 0.456 e. The van der Waals surface area contributed by atoms with Crippen LogP contribution in [-0.4, -0.2) is 111 Å². The third-order valence-corrected chi connectivity index (χ3v) is 5.79. The Balaban J connectivity index is 2.41. The lowest BCUT2D eigenvalue weighted by atomic mass is 9.97. The molecule has 10 atom stereocenters. The molecule has 2 aliphatic heterocycles. The summed E-state index contributed by atoms with van der Waals surface area (Å²) < 4.78 is 54.9. The fourth-order valence-corrected chi connectivity index (χ4v) is 4.47. The zero-order chi connectivity index (χ0) is 31.0. The Bertz CT molecular complexity index is 981. The van der Waals surface area contributed by atoms with Gasteiger partial charge in [-0.3, -0.25) is 28.8 Å². The fraction of sp³-hybridized carbons (Fsp3) is 0.760. The first-order chi connectivity index (χ1) is 19.1. The van der Waals surface area contributed by atoms with Gasteiger partial charge in [0.05, 0.1) is 12.7 Å². The second-order valence-electron chi connectivity index (χ2n) is 9.27. The molecule has 0 aliphatic carbocycles. The minimum absolute atomic E-state index is 0.456. The van der Waals surface area contributed by atoms with E-state index in [1.807, 2.05) is 0 Å². The second kappa shape index (κ2) is 15.0. The molecule has 41 heavy (non-hydrogen) atoms. The summed E-state index contributed by atoms with van der Waals surface area (Å²) in [5.74, 6) is -4.55. The summed E-state index contributed by atoms with van der Waals surface area (Å²) in [7, 11) is 1.25. The molecule has 2 fully saturated rings. The van der Waals surface area contributed by atoms with Crippen molar-refractivity contribution in [2.75, 3.05) is 13.7 Å². The molecule has 0 bridgehead atoms. The van der Waals surface area contributed by atoms with Crippen LogP contribution in [0.2, 0.25) is 0 Å². The predicted molar refractivity (Wildman–Crippen MR) is 129 cm³/mol. The smallest absolute Gasteiger partial charge is 0.303 e. The molecule has 2 heterocycles. The SMILES string of the molecule is CO[C@H]1O[C@H](CO[C@@H]2O[C@H](C)[C@@H](OC(C)=O)[C@H](OC(C)=O)[C@H]2OC(C)=O)[C@@H](OC(C)=O)[C@H](OC(C)=O)[C@H]1OC(C)=O. The number of carbonyl (C=O) groups is 6. The van der Waals surface area contributed by atoms with Gasteiger partial charge in [0.2, 0.25) is 0 Å². The molecule has 232 valence electrons. The van der Waals surface area contributed by atoms with Crippen LogP contribution in [0.15, 0.2) is 0 Å². The average Bonchev–Trinajstić information content (AvgIpc) is 2.83. The number of rotatable bonds is 10. The molecule has 0 N–H and O–H groups in total. The molecule has 2 aliphatic rings. The highest BCUT2D eigenvalue weighted by atomic mass is 16.8. The zero-order valence-electron chi connectivity index (χ0n) is 24.0. The molecule has 16 nitrogen and oxygen atoms in total. The minimum atomic E-state index is -1.41. The van der Waals surface area contributed by atoms with Crippen LogP contribution in [0.4, 0.5) is 0 Å². The maximum Gasteiger partial charge on any atom is 0.303 e. The quantitative estimate of drug-likeness (QED) is 0.237. The molecule has 2 rings (SSSR count). The first-order valence-corrected chi connectivity index (χ1v) is 12.6. The van der Waals surface area contributed by atoms with E-state index in [-0.39, 0.29) is 0 Å². The van der Waals surface area contributed by atoms with Gasteiger partial charge in [-0.05, 0) is 6.92 Å². The Morgan fingerprint density at radius 2 is 0.878 bits per heavy atom. The molecule has 0 radical (unpaired) electrons. The summed E-state index contributed by atoms with van der Waals surface area (Å²) >= 11 is 0. The van der Waals surface area contributed by atoms with Crippen LogP contribution >= 0.6 is 0 Å². The van der Waals surface area contributed by atoms with E-state index in [0.717, 1.165) is 41.5 Å². The monoisotopic (exact) mass is 592 g/mol. The Hall–Kier alpha value is -3.34. The summed E-state index contributed by atoms with van der Waals surface area (Å²) in [6.45, 7) is 7.75. The third kappa shape index (κ3) is 9.62. The van der Waals surface area contributed by atoms with Gasteiger partial charge in [0, 0.05) is 48.7 Å². The van der Waals surface area contributed by atoms with Crippen LogP contribution in [-0.2, 0) is 76.1 Å². The highest BCUT2D eigenvalue weighted by Gasteiger charge is 2.54. The number of hydrogen-bond donors (Lipinski definition) is 0. The summed E-state index contributed by atoms with van der Waals surface area (Å²) in [6.07, 6.45) is -12.8. The van der Waals surface area contributed by atoms with Gasteiger partial charge in [0.1, 0.15) is 6.10 Å². The first kappa shape index (κ1) is 33.9. The van der Waals surface area contributed by atoms with Crippen molar-refractivity contribution in [3.63, 3.8) is 0 Å². The maximum absolute atomic E-state index is 12.0. The highest BCUT2D eigenvalue weighted by Crippen LogP contribution is 2.32. The maximum atomic E-state index is 12.0. The molecular weight excluding hydrogens is 556 g/mol. The summed E-state index contributed by atoms with van der Waals surface area (Å²) in [5, 5.41) is 0. The van der Waals surface area contributed by atoms with Crippen LogP contribution in [0.5, 0.6) is 0 Å². The van der Waals surface area contributed by atoms with Gasteiger partial charge < -0.3 is 47.4 Å². The first-order valence-electron chi connectivity index (χ1n) is 12.6. The van der Waals surface area contributed by atoms with Crippen molar-refractivity contribution in [3.05, 3.63) is 0 Å². The summed E-state index contributed by atoms with van der Waals surface area (Å²) in [4.78, 5) is 71.3. The van der Waals surface area contributed by atoms with Crippen molar-refractivity contribution in [3.8, 4) is 0 Å². The molecule has 0 aromatic heterocycles. The van der Waals surface area contributed by atoms with E-state index in [2.05, 4.69) is 0 Å². The van der Waals surface area contributed by atoms with Gasteiger partial charge in [-0.15, -0.1) is 0 Å². The standard InChI is InChI=1S/C25H36O16/c1-10-18(35-11(2)26)20(37-13(4)28)23(40-16(7)31)25(34-10)33-9-17-19(36-12(3)27)21(38-14(5)29)22(39-15(6)30)24(32-8)41-17/h10,17-25H,9H2,1-8H3/t10-,17-,18-,19-,20+,21+,22-,23-,24+,25-/m1/s1. The second-order valence-corrected chi connectivity index (χ2v) is 9.27. The Labute approximate surface area is 236 Å². The average molecular weight is 593 g/mol. The van der Waals surface area contributed by atoms with E-state index in [4.69, 9.17) is 47.4 Å². The molecule has 0 spiro atoms. The molecule has 0 saturated carbocycles. The number of hydrogen-bond acceptors (Lipinski definition) is 16. The zero-order valence-corrected chi connectivity index (χ0v) is 24.0. The van der Waals surface area contributed by atoms with Crippen LogP contribution in [0.25, 0.3) is 0 Å². The van der Waals surface area contributed by atoms with Gasteiger partial charge in [-0.2, -0.15) is 0 Å². The number of carbonyl (C=O) groups excluding carboxylic acids is 6. The fourth-order valence-electron chi connectivity index (χ4n) is 4.47. The van der Waals surface area contributed by atoms with Crippen molar-refractivity contribution in [1.29, 1.82) is 0 Å². The lowest BCUT2D eigenvalue weighted by Crippen LogP contribution is -2.64. The van der Waals surface area contributed by atoms with Crippen LogP contribution in [0, 0.1) is 0 Å². The normalized spacial score (nSPS) is 33.1.